The van der Waals surface area contributed by atoms with Crippen molar-refractivity contribution < 1.29 is 18.3 Å². The van der Waals surface area contributed by atoms with Crippen molar-refractivity contribution in [3.8, 4) is 0 Å². The number of aromatic nitrogens is 1. The summed E-state index contributed by atoms with van der Waals surface area (Å²) in [6, 6.07) is 7.31. The minimum absolute atomic E-state index is 0.0140. The third-order valence-corrected chi connectivity index (χ3v) is 7.42. The smallest absolute Gasteiger partial charge is 0.245 e. The first kappa shape index (κ1) is 16.9. The molecule has 0 unspecified atom stereocenters. The van der Waals surface area contributed by atoms with Crippen molar-refractivity contribution in [3.63, 3.8) is 0 Å². The molecule has 4 rings (SSSR count). The van der Waals surface area contributed by atoms with Gasteiger partial charge in [-0.15, -0.1) is 0 Å². The minimum atomic E-state index is -3.69. The van der Waals surface area contributed by atoms with Gasteiger partial charge in [0, 0.05) is 42.6 Å². The first-order chi connectivity index (χ1) is 12.0. The Bertz CT molecular complexity index is 914. The van der Waals surface area contributed by atoms with Crippen LogP contribution >= 0.6 is 0 Å². The van der Waals surface area contributed by atoms with E-state index in [0.717, 1.165) is 10.9 Å². The number of sulfonamides is 1. The van der Waals surface area contributed by atoms with Crippen LogP contribution in [-0.2, 0) is 14.8 Å². The fraction of sp³-hybridized carbons (Fsp3) is 0.500. The molecule has 2 saturated heterocycles. The van der Waals surface area contributed by atoms with Gasteiger partial charge in [-0.25, -0.2) is 8.42 Å². The largest absolute Gasteiger partial charge is 0.396 e. The van der Waals surface area contributed by atoms with Crippen molar-refractivity contribution in [2.24, 2.45) is 11.3 Å². The van der Waals surface area contributed by atoms with E-state index in [9.17, 15) is 13.5 Å². The minimum Gasteiger partial charge on any atom is -0.396 e. The van der Waals surface area contributed by atoms with Gasteiger partial charge in [0.2, 0.25) is 10.0 Å². The monoisotopic (exact) mass is 362 g/mol. The Morgan fingerprint density at radius 1 is 1.44 bits per heavy atom. The summed E-state index contributed by atoms with van der Waals surface area (Å²) < 4.78 is 33.8. The van der Waals surface area contributed by atoms with Gasteiger partial charge in [-0.1, -0.05) is 6.07 Å². The zero-order valence-corrected chi connectivity index (χ0v) is 15.0. The Balaban J connectivity index is 1.79. The molecule has 3 heterocycles. The highest BCUT2D eigenvalue weighted by molar-refractivity contribution is 7.89. The number of hydrogen-bond acceptors (Lipinski definition) is 5. The number of pyridine rings is 1. The summed E-state index contributed by atoms with van der Waals surface area (Å²) in [7, 11) is -3.69. The average Bonchev–Trinajstić information content (AvgIpc) is 3.02. The Labute approximate surface area is 147 Å². The van der Waals surface area contributed by atoms with Crippen LogP contribution in [0.3, 0.4) is 0 Å². The second-order valence-corrected chi connectivity index (χ2v) is 9.08. The SMILES string of the molecule is Cc1cc(S(=O)(=O)N2C[C@@H]3COCC[C@]3(CO)C2)c2ncccc2c1. The van der Waals surface area contributed by atoms with E-state index in [2.05, 4.69) is 4.98 Å². The molecule has 1 aromatic carbocycles. The zero-order chi connectivity index (χ0) is 17.7. The summed E-state index contributed by atoms with van der Waals surface area (Å²) in [5.74, 6) is 0.0325. The van der Waals surface area contributed by atoms with E-state index in [1.54, 1.807) is 18.3 Å². The molecule has 0 spiro atoms. The van der Waals surface area contributed by atoms with Crippen LogP contribution in [0.2, 0.25) is 0 Å². The number of hydrogen-bond donors (Lipinski definition) is 1. The lowest BCUT2D eigenvalue weighted by Crippen LogP contribution is -2.41. The molecule has 0 radical (unpaired) electrons. The predicted octanol–water partition coefficient (Wildman–Crippen LogP) is 1.56. The molecule has 0 aliphatic carbocycles. The first-order valence-corrected chi connectivity index (χ1v) is 9.94. The molecular formula is C18H22N2O4S. The number of aryl methyl sites for hydroxylation is 1. The highest BCUT2D eigenvalue weighted by atomic mass is 32.2. The van der Waals surface area contributed by atoms with Crippen molar-refractivity contribution in [3.05, 3.63) is 36.0 Å². The molecule has 2 aliphatic heterocycles. The van der Waals surface area contributed by atoms with Gasteiger partial charge in [0.15, 0.2) is 0 Å². The van der Waals surface area contributed by atoms with Gasteiger partial charge in [-0.2, -0.15) is 4.31 Å². The Kier molecular flexibility index (Phi) is 4.07. The molecule has 134 valence electrons. The summed E-state index contributed by atoms with van der Waals surface area (Å²) in [6.45, 7) is 3.66. The predicted molar refractivity (Wildman–Crippen MR) is 93.7 cm³/mol. The van der Waals surface area contributed by atoms with E-state index in [1.807, 2.05) is 19.1 Å². The van der Waals surface area contributed by atoms with Gasteiger partial charge in [0.05, 0.1) is 18.7 Å². The summed E-state index contributed by atoms with van der Waals surface area (Å²) in [4.78, 5) is 4.55. The Hall–Kier alpha value is -1.54. The van der Waals surface area contributed by atoms with Gasteiger partial charge in [0.1, 0.15) is 4.90 Å². The average molecular weight is 362 g/mol. The third kappa shape index (κ3) is 2.66. The van der Waals surface area contributed by atoms with Gasteiger partial charge >= 0.3 is 0 Å². The Morgan fingerprint density at radius 2 is 2.28 bits per heavy atom. The molecule has 0 amide bonds. The molecular weight excluding hydrogens is 340 g/mol. The van der Waals surface area contributed by atoms with Crippen molar-refractivity contribution in [1.29, 1.82) is 0 Å². The first-order valence-electron chi connectivity index (χ1n) is 8.50. The van der Waals surface area contributed by atoms with Gasteiger partial charge in [-0.05, 0) is 37.1 Å². The normalized spacial score (nSPS) is 27.5. The second-order valence-electron chi connectivity index (χ2n) is 7.18. The molecule has 1 N–H and O–H groups in total. The maximum Gasteiger partial charge on any atom is 0.245 e. The summed E-state index contributed by atoms with van der Waals surface area (Å²) in [6.07, 6.45) is 2.30. The van der Waals surface area contributed by atoms with Crippen LogP contribution in [0.15, 0.2) is 35.4 Å². The van der Waals surface area contributed by atoms with Gasteiger partial charge in [-0.3, -0.25) is 4.98 Å². The molecule has 2 atom stereocenters. The molecule has 2 aromatic rings. The van der Waals surface area contributed by atoms with Crippen molar-refractivity contribution in [2.45, 2.75) is 18.2 Å². The maximum absolute atomic E-state index is 13.4. The summed E-state index contributed by atoms with van der Waals surface area (Å²) >= 11 is 0. The third-order valence-electron chi connectivity index (χ3n) is 5.59. The second kappa shape index (κ2) is 6.02. The molecule has 1 aromatic heterocycles. The number of aliphatic hydroxyl groups is 1. The van der Waals surface area contributed by atoms with Crippen LogP contribution in [0.5, 0.6) is 0 Å². The van der Waals surface area contributed by atoms with E-state index < -0.39 is 15.4 Å². The molecule has 2 aliphatic rings. The lowest BCUT2D eigenvalue weighted by atomic mass is 9.75. The van der Waals surface area contributed by atoms with Crippen LogP contribution in [0.4, 0.5) is 0 Å². The topological polar surface area (TPSA) is 79.7 Å². The molecule has 0 saturated carbocycles. The molecule has 7 heteroatoms. The number of fused-ring (bicyclic) bond motifs is 2. The van der Waals surface area contributed by atoms with Crippen molar-refractivity contribution in [1.82, 2.24) is 9.29 Å². The standard InChI is InChI=1S/C18H22N2O4S/c1-13-7-14-3-2-5-19-17(14)16(8-13)25(22,23)20-9-15-10-24-6-4-18(15,11-20)12-21/h2-3,5,7-8,15,21H,4,6,9-12H2,1H3/t15-,18-/m1/s1. The van der Waals surface area contributed by atoms with E-state index in [0.29, 0.717) is 38.2 Å². The fourth-order valence-electron chi connectivity index (χ4n) is 4.08. The van der Waals surface area contributed by atoms with Crippen LogP contribution in [0.25, 0.3) is 10.9 Å². The van der Waals surface area contributed by atoms with Crippen LogP contribution in [0, 0.1) is 18.3 Å². The zero-order valence-electron chi connectivity index (χ0n) is 14.2. The highest BCUT2D eigenvalue weighted by Gasteiger charge is 2.51. The van der Waals surface area contributed by atoms with Crippen molar-refractivity contribution >= 4 is 20.9 Å². The summed E-state index contributed by atoms with van der Waals surface area (Å²) in [5.41, 5.74) is 0.992. The molecule has 2 fully saturated rings. The summed E-state index contributed by atoms with van der Waals surface area (Å²) in [5, 5.41) is 10.8. The number of rotatable bonds is 3. The molecule has 0 bridgehead atoms. The van der Waals surface area contributed by atoms with Crippen LogP contribution in [0.1, 0.15) is 12.0 Å². The molecule has 25 heavy (non-hydrogen) atoms. The number of ether oxygens (including phenoxy) is 1. The maximum atomic E-state index is 13.4. The number of nitrogens with zero attached hydrogens (tertiary/aromatic N) is 2. The van der Waals surface area contributed by atoms with E-state index in [1.165, 1.54) is 4.31 Å². The lowest BCUT2D eigenvalue weighted by molar-refractivity contribution is -0.0414. The number of aliphatic hydroxyl groups excluding tert-OH is 1. The van der Waals surface area contributed by atoms with Crippen LogP contribution in [-0.4, -0.2) is 55.7 Å². The van der Waals surface area contributed by atoms with E-state index in [-0.39, 0.29) is 17.4 Å². The van der Waals surface area contributed by atoms with E-state index in [4.69, 9.17) is 4.74 Å². The Morgan fingerprint density at radius 3 is 3.04 bits per heavy atom. The van der Waals surface area contributed by atoms with Gasteiger partial charge in [0.25, 0.3) is 0 Å². The van der Waals surface area contributed by atoms with Crippen molar-refractivity contribution in [2.75, 3.05) is 32.9 Å². The lowest BCUT2D eigenvalue weighted by Gasteiger charge is -2.36. The molecule has 6 nitrogen and oxygen atoms in total. The van der Waals surface area contributed by atoms with E-state index >= 15 is 0 Å². The number of benzene rings is 1. The quantitative estimate of drug-likeness (QED) is 0.896. The van der Waals surface area contributed by atoms with Gasteiger partial charge < -0.3 is 9.84 Å². The highest BCUT2D eigenvalue weighted by Crippen LogP contribution is 2.44. The fourth-order valence-corrected chi connectivity index (χ4v) is 5.91. The van der Waals surface area contributed by atoms with Crippen LogP contribution < -0.4 is 0 Å².